The number of carbonyl (C=O) groups is 2. The van der Waals surface area contributed by atoms with E-state index < -0.39 is 21.7 Å². The van der Waals surface area contributed by atoms with Crippen LogP contribution in [0.25, 0.3) is 11.1 Å². The molecule has 2 aromatic rings. The summed E-state index contributed by atoms with van der Waals surface area (Å²) in [6, 6.07) is 7.01. The Labute approximate surface area is 132 Å². The average molecular weight is 336 g/mol. The molecule has 12 nitrogen and oxygen atoms in total. The van der Waals surface area contributed by atoms with Gasteiger partial charge in [-0.2, -0.15) is 0 Å². The Morgan fingerprint density at radius 3 is 1.38 bits per heavy atom. The Hall–Kier alpha value is -3.96. The van der Waals surface area contributed by atoms with Crippen molar-refractivity contribution in [1.29, 1.82) is 0 Å². The lowest BCUT2D eigenvalue weighted by Crippen LogP contribution is -2.23. The molecular weight excluding hydrogens is 328 g/mol. The maximum atomic E-state index is 11.7. The third-order valence-electron chi connectivity index (χ3n) is 2.54. The highest BCUT2D eigenvalue weighted by Crippen LogP contribution is 2.30. The lowest BCUT2D eigenvalue weighted by Gasteiger charge is -2.14. The fraction of sp³-hybridized carbons (Fsp3) is 0. The second-order valence-corrected chi connectivity index (χ2v) is 3.93. The maximum absolute atomic E-state index is 11.7. The molecule has 0 aromatic carbocycles. The number of hydrogen-bond acceptors (Lipinski definition) is 8. The number of rotatable bonds is 0. The summed E-state index contributed by atoms with van der Waals surface area (Å²) < 4.78 is 0. The highest BCUT2D eigenvalue weighted by Gasteiger charge is 2.31. The van der Waals surface area contributed by atoms with Crippen LogP contribution in [0.3, 0.4) is 0 Å². The van der Waals surface area contributed by atoms with Gasteiger partial charge in [-0.05, 0) is 12.1 Å². The van der Waals surface area contributed by atoms with Crippen molar-refractivity contribution in [1.82, 2.24) is 9.97 Å². The summed E-state index contributed by atoms with van der Waals surface area (Å²) in [7, 11) is 0. The molecule has 124 valence electrons. The van der Waals surface area contributed by atoms with Gasteiger partial charge < -0.3 is 10.4 Å². The molecule has 0 saturated heterocycles. The van der Waals surface area contributed by atoms with Crippen LogP contribution < -0.4 is 0 Å². The number of carbonyl (C=O) groups excluding carboxylic acids is 2. The smallest absolute Gasteiger partial charge is 0.291 e. The number of Topliss-reactive ketones (excluding diaryl/α,β-unsaturated/α-hetero) is 2. The molecule has 2 N–H and O–H groups in total. The molecule has 1 aliphatic carbocycles. The van der Waals surface area contributed by atoms with Gasteiger partial charge >= 0.3 is 0 Å². The largest absolute Gasteiger partial charge is 0.328 e. The molecule has 24 heavy (non-hydrogen) atoms. The first-order chi connectivity index (χ1) is 11.3. The van der Waals surface area contributed by atoms with Gasteiger partial charge in [-0.3, -0.25) is 19.6 Å². The number of aromatic nitrogens is 2. The van der Waals surface area contributed by atoms with E-state index in [2.05, 4.69) is 9.97 Å². The predicted octanol–water partition coefficient (Wildman–Crippen LogP) is 0.827. The van der Waals surface area contributed by atoms with Crippen LogP contribution in [0, 0.1) is 20.2 Å². The second kappa shape index (κ2) is 7.88. The maximum Gasteiger partial charge on any atom is 0.291 e. The van der Waals surface area contributed by atoms with Gasteiger partial charge in [0.25, 0.3) is 21.7 Å². The summed E-state index contributed by atoms with van der Waals surface area (Å²) >= 11 is 0. The Bertz CT molecular complexity index is 732. The molecule has 0 saturated carbocycles. The van der Waals surface area contributed by atoms with Crippen molar-refractivity contribution in [2.45, 2.75) is 0 Å². The summed E-state index contributed by atoms with van der Waals surface area (Å²) in [5, 5.41) is 27.3. The van der Waals surface area contributed by atoms with Gasteiger partial charge in [0.1, 0.15) is 11.4 Å². The Kier molecular flexibility index (Phi) is 5.94. The number of nitrogens with zero attached hydrogens (tertiary/aromatic N) is 4. The van der Waals surface area contributed by atoms with E-state index >= 15 is 0 Å². The lowest BCUT2D eigenvalue weighted by molar-refractivity contribution is -0.742. The van der Waals surface area contributed by atoms with E-state index in [1.54, 1.807) is 24.3 Å². The topological polar surface area (TPSA) is 187 Å². The zero-order valence-electron chi connectivity index (χ0n) is 11.6. The van der Waals surface area contributed by atoms with Crippen LogP contribution in [0.1, 0.15) is 21.0 Å². The lowest BCUT2D eigenvalue weighted by atomic mass is 9.90. The van der Waals surface area contributed by atoms with Gasteiger partial charge in [-0.1, -0.05) is 12.1 Å². The molecule has 12 heteroatoms. The molecule has 3 rings (SSSR count). The highest BCUT2D eigenvalue weighted by atomic mass is 16.9. The second-order valence-electron chi connectivity index (χ2n) is 3.93. The minimum Gasteiger partial charge on any atom is -0.328 e. The van der Waals surface area contributed by atoms with E-state index in [4.69, 9.17) is 30.6 Å². The van der Waals surface area contributed by atoms with Crippen molar-refractivity contribution in [2.24, 2.45) is 0 Å². The highest BCUT2D eigenvalue weighted by molar-refractivity contribution is 6.51. The molecule has 2 aromatic heterocycles. The standard InChI is InChI=1S/C12H6N2O2.2HNO3/c15-11-9-7(3-1-5-13-9)8-4-2-6-14-10(8)12(11)16;2*2-1(3)4/h1-6H;2*(H,2,3,4). The molecule has 0 atom stereocenters. The summed E-state index contributed by atoms with van der Waals surface area (Å²) in [6.07, 6.45) is 3.01. The van der Waals surface area contributed by atoms with Gasteiger partial charge in [0.2, 0.25) is 0 Å². The Morgan fingerprint density at radius 1 is 0.792 bits per heavy atom. The van der Waals surface area contributed by atoms with Crippen molar-refractivity contribution < 1.29 is 30.2 Å². The van der Waals surface area contributed by atoms with Crippen LogP contribution in [-0.4, -0.2) is 42.1 Å². The summed E-state index contributed by atoms with van der Waals surface area (Å²) in [5.74, 6) is -1.16. The van der Waals surface area contributed by atoms with Gasteiger partial charge in [-0.25, -0.2) is 0 Å². The van der Waals surface area contributed by atoms with E-state index in [-0.39, 0.29) is 11.4 Å². The van der Waals surface area contributed by atoms with E-state index in [1.807, 2.05) is 0 Å². The van der Waals surface area contributed by atoms with Crippen LogP contribution in [0.2, 0.25) is 0 Å². The third kappa shape index (κ3) is 4.52. The predicted molar refractivity (Wildman–Crippen MR) is 73.7 cm³/mol. The molecule has 0 amide bonds. The van der Waals surface area contributed by atoms with Crippen LogP contribution >= 0.6 is 0 Å². The molecule has 0 fully saturated rings. The first-order valence-electron chi connectivity index (χ1n) is 5.91. The number of pyridine rings is 2. The average Bonchev–Trinajstić information content (AvgIpc) is 2.52. The quantitative estimate of drug-likeness (QED) is 0.396. The molecule has 1 aliphatic rings. The number of fused-ring (bicyclic) bond motifs is 3. The van der Waals surface area contributed by atoms with Crippen molar-refractivity contribution in [3.8, 4) is 11.1 Å². The van der Waals surface area contributed by atoms with Crippen LogP contribution in [0.4, 0.5) is 0 Å². The first-order valence-corrected chi connectivity index (χ1v) is 5.91. The van der Waals surface area contributed by atoms with Crippen molar-refractivity contribution in [2.75, 3.05) is 0 Å². The molecule has 0 aliphatic heterocycles. The molecule has 0 radical (unpaired) electrons. The molecule has 0 spiro atoms. The van der Waals surface area contributed by atoms with E-state index in [0.717, 1.165) is 0 Å². The zero-order chi connectivity index (χ0) is 18.3. The summed E-state index contributed by atoms with van der Waals surface area (Å²) in [4.78, 5) is 48.1. The number of hydrogen-bond donors (Lipinski definition) is 2. The molecule has 0 bridgehead atoms. The van der Waals surface area contributed by atoms with Gasteiger partial charge in [0, 0.05) is 23.5 Å². The summed E-state index contributed by atoms with van der Waals surface area (Å²) in [6.45, 7) is 0. The van der Waals surface area contributed by atoms with Gasteiger partial charge in [0.05, 0.1) is 0 Å². The number of ketones is 2. The fourth-order valence-corrected chi connectivity index (χ4v) is 1.82. The van der Waals surface area contributed by atoms with Crippen LogP contribution in [-0.2, 0) is 0 Å². The molecule has 0 unspecified atom stereocenters. The van der Waals surface area contributed by atoms with E-state index in [1.165, 1.54) is 12.4 Å². The SMILES string of the molecule is O=C1C(=O)c2ncccc2-c2cccnc21.O=[N+]([O-])O.O=[N+]([O-])O. The van der Waals surface area contributed by atoms with Gasteiger partial charge in [0.15, 0.2) is 0 Å². The summed E-state index contributed by atoms with van der Waals surface area (Å²) in [5.41, 5.74) is 1.78. The van der Waals surface area contributed by atoms with Gasteiger partial charge in [-0.15, -0.1) is 20.2 Å². The first kappa shape index (κ1) is 18.1. The Morgan fingerprint density at radius 2 is 1.08 bits per heavy atom. The van der Waals surface area contributed by atoms with Crippen LogP contribution in [0.15, 0.2) is 36.7 Å². The monoisotopic (exact) mass is 336 g/mol. The fourth-order valence-electron chi connectivity index (χ4n) is 1.82. The van der Waals surface area contributed by atoms with Crippen molar-refractivity contribution in [3.05, 3.63) is 68.3 Å². The van der Waals surface area contributed by atoms with Crippen molar-refractivity contribution >= 4 is 11.6 Å². The van der Waals surface area contributed by atoms with Crippen molar-refractivity contribution in [3.63, 3.8) is 0 Å². The van der Waals surface area contributed by atoms with E-state index in [0.29, 0.717) is 11.1 Å². The molecule has 2 heterocycles. The third-order valence-corrected chi connectivity index (χ3v) is 2.54. The molecular formula is C12H8N4O8. The minimum atomic E-state index is -1.50. The normalized spacial score (nSPS) is 10.8. The zero-order valence-corrected chi connectivity index (χ0v) is 11.6. The minimum absolute atomic E-state index is 0.216. The Balaban J connectivity index is 0.000000306. The van der Waals surface area contributed by atoms with Crippen LogP contribution in [0.5, 0.6) is 0 Å². The van der Waals surface area contributed by atoms with E-state index in [9.17, 15) is 9.59 Å².